The van der Waals surface area contributed by atoms with Crippen LogP contribution in [0.5, 0.6) is 0 Å². The Morgan fingerprint density at radius 1 is 1.60 bits per heavy atom. The van der Waals surface area contributed by atoms with E-state index in [4.69, 9.17) is 15.8 Å². The van der Waals surface area contributed by atoms with Crippen molar-refractivity contribution in [2.75, 3.05) is 13.7 Å². The average Bonchev–Trinajstić information content (AvgIpc) is 1.85. The summed E-state index contributed by atoms with van der Waals surface area (Å²) in [5.41, 5.74) is 0. The van der Waals surface area contributed by atoms with Crippen LogP contribution in [-0.4, -0.2) is 13.7 Å². The molecule has 0 aliphatic heterocycles. The third-order valence-corrected chi connectivity index (χ3v) is 2.38. The molecule has 0 radical (unpaired) electrons. The summed E-state index contributed by atoms with van der Waals surface area (Å²) < 4.78 is 19.9. The summed E-state index contributed by atoms with van der Waals surface area (Å²) in [6.45, 7) is 0.975. The van der Waals surface area contributed by atoms with E-state index in [1.54, 1.807) is 0 Å². The van der Waals surface area contributed by atoms with Crippen LogP contribution in [0.3, 0.4) is 0 Å². The zero-order valence-electron chi connectivity index (χ0n) is 6.33. The predicted octanol–water partition coefficient (Wildman–Crippen LogP) is 2.65. The predicted molar refractivity (Wildman–Crippen MR) is 41.3 cm³/mol. The molecule has 0 bridgehead atoms. The van der Waals surface area contributed by atoms with Gasteiger partial charge in [0.1, 0.15) is 0 Å². The molecule has 0 heterocycles. The van der Waals surface area contributed by atoms with Crippen molar-refractivity contribution < 1.29 is 13.6 Å². The van der Waals surface area contributed by atoms with Gasteiger partial charge < -0.3 is 4.52 Å². The van der Waals surface area contributed by atoms with E-state index >= 15 is 0 Å². The first kappa shape index (κ1) is 10.4. The van der Waals surface area contributed by atoms with E-state index in [0.717, 1.165) is 0 Å². The van der Waals surface area contributed by atoms with Gasteiger partial charge in [0.2, 0.25) is 0 Å². The van der Waals surface area contributed by atoms with Gasteiger partial charge in [0, 0.05) is 18.4 Å². The summed E-state index contributed by atoms with van der Waals surface area (Å²) in [5, 5.41) is 0. The molecule has 0 saturated heterocycles. The first-order valence-electron chi connectivity index (χ1n) is 2.98. The second kappa shape index (κ2) is 4.35. The van der Waals surface area contributed by atoms with Crippen LogP contribution in [0.25, 0.3) is 0 Å². The average molecular weight is 187 g/mol. The summed E-state index contributed by atoms with van der Waals surface area (Å²) in [5.74, 6) is 0.308. The maximum atomic E-state index is 10.8. The first-order valence-corrected chi connectivity index (χ1v) is 5.42. The summed E-state index contributed by atoms with van der Waals surface area (Å²) in [6, 6.07) is 0. The van der Waals surface area contributed by atoms with Crippen molar-refractivity contribution in [3.8, 4) is 0 Å². The number of rotatable bonds is 4. The zero-order valence-corrected chi connectivity index (χ0v) is 7.98. The van der Waals surface area contributed by atoms with Crippen LogP contribution in [0, 0.1) is 5.92 Å². The molecule has 0 aliphatic rings. The molecule has 3 nitrogen and oxygen atoms in total. The highest BCUT2D eigenvalue weighted by Gasteiger charge is 2.18. The van der Waals surface area contributed by atoms with Crippen LogP contribution in [0.4, 0.5) is 0 Å². The second-order valence-electron chi connectivity index (χ2n) is 2.30. The van der Waals surface area contributed by atoms with Crippen LogP contribution in [0.2, 0.25) is 0 Å². The van der Waals surface area contributed by atoms with Gasteiger partial charge >= 0.3 is 6.95 Å². The van der Waals surface area contributed by atoms with Crippen LogP contribution in [0.15, 0.2) is 0 Å². The smallest absolute Gasteiger partial charge is 0.300 e. The number of hydrogen-bond acceptors (Lipinski definition) is 3. The minimum atomic E-state index is -3.26. The van der Waals surface area contributed by atoms with Crippen LogP contribution in [-0.2, 0) is 13.6 Å². The second-order valence-corrected chi connectivity index (χ2v) is 5.03. The molecule has 1 unspecified atom stereocenters. The van der Waals surface area contributed by atoms with Crippen molar-refractivity contribution in [2.24, 2.45) is 5.92 Å². The van der Waals surface area contributed by atoms with Crippen molar-refractivity contribution in [1.82, 2.24) is 0 Å². The monoisotopic (exact) mass is 186 g/mol. The molecule has 0 aliphatic carbocycles. The van der Waals surface area contributed by atoms with Gasteiger partial charge in [0.25, 0.3) is 0 Å². The lowest BCUT2D eigenvalue weighted by Crippen LogP contribution is -1.98. The van der Waals surface area contributed by atoms with E-state index in [-0.39, 0.29) is 0 Å². The molecular weight excluding hydrogens is 174 g/mol. The SMILES string of the molecule is COP(=O)(Cl)OCC(C)C. The molecule has 0 saturated carbocycles. The Morgan fingerprint density at radius 3 is 2.40 bits per heavy atom. The van der Waals surface area contributed by atoms with Gasteiger partial charge in [-0.1, -0.05) is 13.8 Å². The highest BCUT2D eigenvalue weighted by Crippen LogP contribution is 2.52. The molecule has 0 aromatic heterocycles. The van der Waals surface area contributed by atoms with Crippen LogP contribution in [0.1, 0.15) is 13.8 Å². The van der Waals surface area contributed by atoms with Gasteiger partial charge in [0.15, 0.2) is 0 Å². The van der Waals surface area contributed by atoms with Gasteiger partial charge in [-0.3, -0.25) is 4.52 Å². The summed E-state index contributed by atoms with van der Waals surface area (Å²) in [6.07, 6.45) is 0. The Balaban J connectivity index is 3.58. The Kier molecular flexibility index (Phi) is 4.54. The molecule has 62 valence electrons. The lowest BCUT2D eigenvalue weighted by molar-refractivity contribution is 0.223. The van der Waals surface area contributed by atoms with E-state index in [1.807, 2.05) is 13.8 Å². The maximum Gasteiger partial charge on any atom is 0.423 e. The fourth-order valence-corrected chi connectivity index (χ4v) is 1.04. The third kappa shape index (κ3) is 5.24. The Bertz CT molecular complexity index is 137. The van der Waals surface area contributed by atoms with E-state index < -0.39 is 6.95 Å². The number of halogens is 1. The minimum absolute atomic E-state index is 0.308. The largest absolute Gasteiger partial charge is 0.423 e. The fraction of sp³-hybridized carbons (Fsp3) is 1.00. The molecule has 0 spiro atoms. The maximum absolute atomic E-state index is 10.8. The van der Waals surface area contributed by atoms with Crippen LogP contribution >= 0.6 is 18.2 Å². The molecule has 1 atom stereocenters. The molecule has 0 N–H and O–H groups in total. The zero-order chi connectivity index (χ0) is 8.20. The first-order chi connectivity index (χ1) is 4.48. The van der Waals surface area contributed by atoms with E-state index in [1.165, 1.54) is 7.11 Å². The Labute approximate surface area is 66.0 Å². The quantitative estimate of drug-likeness (QED) is 0.634. The highest BCUT2D eigenvalue weighted by atomic mass is 35.7. The fourth-order valence-electron chi connectivity index (χ4n) is 0.291. The van der Waals surface area contributed by atoms with E-state index in [2.05, 4.69) is 4.52 Å². The van der Waals surface area contributed by atoms with Gasteiger partial charge in [-0.2, -0.15) is 0 Å². The van der Waals surface area contributed by atoms with E-state index in [9.17, 15) is 4.57 Å². The lowest BCUT2D eigenvalue weighted by atomic mass is 10.2. The van der Waals surface area contributed by atoms with Crippen molar-refractivity contribution in [3.63, 3.8) is 0 Å². The molecule has 0 aromatic carbocycles. The molecule has 0 fully saturated rings. The summed E-state index contributed by atoms with van der Waals surface area (Å²) in [7, 11) is 1.26. The van der Waals surface area contributed by atoms with Crippen LogP contribution < -0.4 is 0 Å². The molecule has 10 heavy (non-hydrogen) atoms. The molecule has 0 amide bonds. The van der Waals surface area contributed by atoms with Crippen molar-refractivity contribution >= 4 is 18.2 Å². The van der Waals surface area contributed by atoms with Gasteiger partial charge in [-0.25, -0.2) is 4.57 Å². The van der Waals surface area contributed by atoms with Crippen molar-refractivity contribution in [3.05, 3.63) is 0 Å². The van der Waals surface area contributed by atoms with Gasteiger partial charge in [0.05, 0.1) is 6.61 Å². The lowest BCUT2D eigenvalue weighted by Gasteiger charge is -2.09. The Morgan fingerprint density at radius 2 is 2.10 bits per heavy atom. The third-order valence-electron chi connectivity index (χ3n) is 0.780. The normalized spacial score (nSPS) is 17.3. The number of hydrogen-bond donors (Lipinski definition) is 0. The Hall–Kier alpha value is 0.440. The van der Waals surface area contributed by atoms with Gasteiger partial charge in [-0.15, -0.1) is 0 Å². The van der Waals surface area contributed by atoms with Crippen molar-refractivity contribution in [2.45, 2.75) is 13.8 Å². The molecular formula is C5H12ClO3P. The topological polar surface area (TPSA) is 35.5 Å². The standard InChI is InChI=1S/C5H12ClO3P/c1-5(2)4-9-10(6,7)8-3/h5H,4H2,1-3H3. The summed E-state index contributed by atoms with van der Waals surface area (Å²) >= 11 is 5.28. The van der Waals surface area contributed by atoms with Gasteiger partial charge in [-0.05, 0) is 5.92 Å². The summed E-state index contributed by atoms with van der Waals surface area (Å²) in [4.78, 5) is 0. The van der Waals surface area contributed by atoms with Crippen molar-refractivity contribution in [1.29, 1.82) is 0 Å². The molecule has 0 aromatic rings. The highest BCUT2D eigenvalue weighted by molar-refractivity contribution is 7.81. The molecule has 5 heteroatoms. The molecule has 0 rings (SSSR count). The van der Waals surface area contributed by atoms with E-state index in [0.29, 0.717) is 12.5 Å². The minimum Gasteiger partial charge on any atom is -0.300 e.